The average molecular weight is 466 g/mol. The molecule has 5 rings (SSSR count). The molecule has 2 N–H and O–H groups in total. The molecule has 33 heavy (non-hydrogen) atoms. The molecule has 0 amide bonds. The largest absolute Gasteiger partial charge is 0.573 e. The van der Waals surface area contributed by atoms with Gasteiger partial charge in [-0.1, -0.05) is 0 Å². The quantitative estimate of drug-likeness (QED) is 0.660. The molecule has 7 nitrogen and oxygen atoms in total. The number of rotatable bonds is 7. The van der Waals surface area contributed by atoms with E-state index in [-0.39, 0.29) is 11.9 Å². The predicted octanol–water partition coefficient (Wildman–Crippen LogP) is 4.22. The highest BCUT2D eigenvalue weighted by Crippen LogP contribution is 2.69. The van der Waals surface area contributed by atoms with E-state index in [2.05, 4.69) is 28.5 Å². The van der Waals surface area contributed by atoms with E-state index in [1.807, 2.05) is 10.7 Å². The van der Waals surface area contributed by atoms with Crippen molar-refractivity contribution < 1.29 is 22.6 Å². The lowest BCUT2D eigenvalue weighted by molar-refractivity contribution is -0.274. The van der Waals surface area contributed by atoms with Gasteiger partial charge in [0, 0.05) is 55.2 Å². The van der Waals surface area contributed by atoms with Crippen LogP contribution in [0, 0.1) is 11.8 Å². The molecule has 10 heteroatoms. The first-order valence-electron chi connectivity index (χ1n) is 11.5. The zero-order valence-electron chi connectivity index (χ0n) is 19.1. The van der Waals surface area contributed by atoms with E-state index in [1.54, 1.807) is 7.11 Å². The van der Waals surface area contributed by atoms with Gasteiger partial charge in [-0.3, -0.25) is 9.58 Å². The molecule has 0 bridgehead atoms. The third-order valence-corrected chi connectivity index (χ3v) is 7.64. The van der Waals surface area contributed by atoms with Crippen LogP contribution in [0.3, 0.4) is 0 Å². The number of alkyl halides is 3. The SMILES string of the molecule is COCCN1CC[C@]12C[C@@H]1[C@H](C2)[C@@H]1c1cc(-c2cnc(N)c(OC(F)(F)F)c2)nn1C(C)C. The van der Waals surface area contributed by atoms with Crippen molar-refractivity contribution in [1.29, 1.82) is 0 Å². The van der Waals surface area contributed by atoms with Gasteiger partial charge < -0.3 is 15.2 Å². The van der Waals surface area contributed by atoms with Crippen molar-refractivity contribution in [3.8, 4) is 17.0 Å². The Morgan fingerprint density at radius 3 is 2.55 bits per heavy atom. The first-order chi connectivity index (χ1) is 15.6. The maximum absolute atomic E-state index is 12.7. The summed E-state index contributed by atoms with van der Waals surface area (Å²) in [5.74, 6) is 0.890. The van der Waals surface area contributed by atoms with Gasteiger partial charge in [0.15, 0.2) is 11.6 Å². The van der Waals surface area contributed by atoms with E-state index >= 15 is 0 Å². The smallest absolute Gasteiger partial charge is 0.402 e. The Hall–Kier alpha value is -2.33. The molecule has 4 atom stereocenters. The number of hydrogen-bond acceptors (Lipinski definition) is 6. The lowest BCUT2D eigenvalue weighted by Gasteiger charge is -2.52. The highest BCUT2D eigenvalue weighted by atomic mass is 19.4. The number of aromatic nitrogens is 3. The molecule has 3 heterocycles. The summed E-state index contributed by atoms with van der Waals surface area (Å²) in [5, 5.41) is 4.73. The summed E-state index contributed by atoms with van der Waals surface area (Å²) in [6, 6.07) is 3.40. The molecule has 1 aliphatic heterocycles. The fourth-order valence-electron chi connectivity index (χ4n) is 6.01. The Bertz CT molecular complexity index is 1030. The fourth-order valence-corrected chi connectivity index (χ4v) is 6.01. The van der Waals surface area contributed by atoms with Crippen LogP contribution in [0.2, 0.25) is 0 Å². The summed E-state index contributed by atoms with van der Waals surface area (Å²) >= 11 is 0. The van der Waals surface area contributed by atoms with E-state index in [0.717, 1.165) is 25.4 Å². The molecule has 2 saturated carbocycles. The minimum Gasteiger partial charge on any atom is -0.402 e. The van der Waals surface area contributed by atoms with Crippen LogP contribution in [-0.4, -0.2) is 58.4 Å². The Labute approximate surface area is 191 Å². The maximum Gasteiger partial charge on any atom is 0.573 e. The summed E-state index contributed by atoms with van der Waals surface area (Å²) in [6.45, 7) is 7.03. The first-order valence-corrected chi connectivity index (χ1v) is 11.5. The van der Waals surface area contributed by atoms with E-state index in [9.17, 15) is 13.2 Å². The zero-order valence-corrected chi connectivity index (χ0v) is 19.1. The van der Waals surface area contributed by atoms with Crippen LogP contribution in [0.1, 0.15) is 50.8 Å². The van der Waals surface area contributed by atoms with Crippen molar-refractivity contribution >= 4 is 5.82 Å². The summed E-state index contributed by atoms with van der Waals surface area (Å²) in [7, 11) is 1.74. The molecular weight excluding hydrogens is 435 g/mol. The number of ether oxygens (including phenoxy) is 2. The standard InChI is InChI=1S/C23H30F3N5O2/c1-13(2)31-18(20-15-10-22(11-16(15)20)4-5-30(22)6-7-32-3)9-17(29-31)14-8-19(21(27)28-12-14)33-23(24,25)26/h8-9,12-13,15-16,20H,4-7,10-11H2,1-3H3,(H2,27,28)/t15-,16+,20-,22-. The highest BCUT2D eigenvalue weighted by Gasteiger charge is 2.66. The van der Waals surface area contributed by atoms with Gasteiger partial charge in [0.05, 0.1) is 12.3 Å². The minimum atomic E-state index is -4.84. The van der Waals surface area contributed by atoms with Gasteiger partial charge in [0.1, 0.15) is 0 Å². The van der Waals surface area contributed by atoms with Gasteiger partial charge in [0.2, 0.25) is 0 Å². The summed E-state index contributed by atoms with van der Waals surface area (Å²) in [4.78, 5) is 6.48. The predicted molar refractivity (Wildman–Crippen MR) is 117 cm³/mol. The van der Waals surface area contributed by atoms with Gasteiger partial charge >= 0.3 is 6.36 Å². The number of nitrogens with zero attached hydrogens (tertiary/aromatic N) is 4. The van der Waals surface area contributed by atoms with Crippen molar-refractivity contribution in [2.75, 3.05) is 32.5 Å². The number of nitrogen functional groups attached to an aromatic ring is 1. The van der Waals surface area contributed by atoms with Crippen LogP contribution in [0.15, 0.2) is 18.3 Å². The van der Waals surface area contributed by atoms with E-state index in [1.165, 1.54) is 31.5 Å². The van der Waals surface area contributed by atoms with Gasteiger partial charge in [-0.15, -0.1) is 13.2 Å². The number of pyridine rings is 1. The lowest BCUT2D eigenvalue weighted by atomic mass is 9.78. The van der Waals surface area contributed by atoms with Crippen LogP contribution in [0.5, 0.6) is 5.75 Å². The van der Waals surface area contributed by atoms with Crippen LogP contribution in [-0.2, 0) is 4.74 Å². The number of halogens is 3. The summed E-state index contributed by atoms with van der Waals surface area (Å²) in [6.07, 6.45) is 0.247. The number of nitrogens with two attached hydrogens (primary N) is 1. The van der Waals surface area contributed by atoms with E-state index < -0.39 is 12.1 Å². The van der Waals surface area contributed by atoms with E-state index in [0.29, 0.717) is 34.6 Å². The van der Waals surface area contributed by atoms with Crippen LogP contribution in [0.25, 0.3) is 11.3 Å². The number of methoxy groups -OCH3 is 1. The van der Waals surface area contributed by atoms with Crippen LogP contribution in [0.4, 0.5) is 19.0 Å². The Kier molecular flexibility index (Phi) is 5.36. The number of fused-ring (bicyclic) bond motifs is 1. The normalized spacial score (nSPS) is 28.9. The molecule has 3 fully saturated rings. The number of hydrogen-bond donors (Lipinski definition) is 1. The Morgan fingerprint density at radius 2 is 1.97 bits per heavy atom. The zero-order chi connectivity index (χ0) is 23.5. The highest BCUT2D eigenvalue weighted by molar-refractivity contribution is 5.64. The topological polar surface area (TPSA) is 78.4 Å². The molecule has 2 aliphatic carbocycles. The molecule has 180 valence electrons. The molecule has 2 aromatic rings. The van der Waals surface area contributed by atoms with Crippen molar-refractivity contribution in [2.24, 2.45) is 11.8 Å². The number of likely N-dealkylation sites (tertiary alicyclic amines) is 1. The van der Waals surface area contributed by atoms with Crippen molar-refractivity contribution in [1.82, 2.24) is 19.7 Å². The van der Waals surface area contributed by atoms with Gasteiger partial charge in [-0.05, 0) is 57.1 Å². The first kappa shape index (κ1) is 22.5. The van der Waals surface area contributed by atoms with Crippen molar-refractivity contribution in [3.63, 3.8) is 0 Å². The minimum absolute atomic E-state index is 0.138. The molecule has 1 spiro atoms. The third-order valence-electron chi connectivity index (χ3n) is 7.64. The monoisotopic (exact) mass is 465 g/mol. The van der Waals surface area contributed by atoms with Crippen LogP contribution >= 0.6 is 0 Å². The average Bonchev–Trinajstić information content (AvgIpc) is 3.08. The molecule has 0 unspecified atom stereocenters. The molecule has 2 aromatic heterocycles. The molecule has 0 aromatic carbocycles. The summed E-state index contributed by atoms with van der Waals surface area (Å²) in [5.41, 5.74) is 8.12. The molecule has 1 saturated heterocycles. The van der Waals surface area contributed by atoms with Gasteiger partial charge in [-0.2, -0.15) is 5.10 Å². The number of anilines is 1. The Morgan fingerprint density at radius 1 is 1.24 bits per heavy atom. The second-order valence-electron chi connectivity index (χ2n) is 9.86. The molecule has 3 aliphatic rings. The maximum atomic E-state index is 12.7. The fraction of sp³-hybridized carbons (Fsp3) is 0.652. The third kappa shape index (κ3) is 3.97. The van der Waals surface area contributed by atoms with E-state index in [4.69, 9.17) is 15.6 Å². The summed E-state index contributed by atoms with van der Waals surface area (Å²) < 4.78 is 49.5. The van der Waals surface area contributed by atoms with Crippen molar-refractivity contribution in [2.45, 2.75) is 57.0 Å². The molecule has 0 radical (unpaired) electrons. The van der Waals surface area contributed by atoms with Crippen molar-refractivity contribution in [3.05, 3.63) is 24.0 Å². The lowest BCUT2D eigenvalue weighted by Crippen LogP contribution is -2.59. The van der Waals surface area contributed by atoms with Crippen LogP contribution < -0.4 is 10.5 Å². The van der Waals surface area contributed by atoms with Gasteiger partial charge in [0.25, 0.3) is 0 Å². The second-order valence-corrected chi connectivity index (χ2v) is 9.86. The van der Waals surface area contributed by atoms with Gasteiger partial charge in [-0.25, -0.2) is 4.98 Å². The molecular formula is C23H30F3N5O2. The Balaban J connectivity index is 1.37. The second kappa shape index (κ2) is 7.87.